The van der Waals surface area contributed by atoms with E-state index in [1.165, 1.54) is 4.90 Å². The molecule has 0 aliphatic carbocycles. The molecule has 0 aliphatic heterocycles. The molecule has 0 aromatic carbocycles. The first kappa shape index (κ1) is 16.9. The zero-order valence-electron chi connectivity index (χ0n) is 12.2. The Bertz CT molecular complexity index is 286. The highest BCUT2D eigenvalue weighted by Crippen LogP contribution is 2.17. The highest BCUT2D eigenvalue weighted by molar-refractivity contribution is 5.89. The van der Waals surface area contributed by atoms with Gasteiger partial charge in [0.25, 0.3) is 0 Å². The molecule has 0 aromatic heterocycles. The molecular formula is C13H26N2O3. The Hall–Kier alpha value is -1.10. The monoisotopic (exact) mass is 258 g/mol. The molecule has 0 unspecified atom stereocenters. The van der Waals surface area contributed by atoms with Gasteiger partial charge < -0.3 is 15.4 Å². The lowest BCUT2D eigenvalue weighted by Gasteiger charge is -2.34. The van der Waals surface area contributed by atoms with Gasteiger partial charge in [0.1, 0.15) is 6.54 Å². The van der Waals surface area contributed by atoms with E-state index in [1.807, 2.05) is 27.7 Å². The number of hydrogen-bond acceptors (Lipinski definition) is 4. The molecular weight excluding hydrogens is 232 g/mol. The van der Waals surface area contributed by atoms with Crippen molar-refractivity contribution in [3.05, 3.63) is 0 Å². The summed E-state index contributed by atoms with van der Waals surface area (Å²) in [5.41, 5.74) is 5.19. The summed E-state index contributed by atoms with van der Waals surface area (Å²) < 4.78 is 4.88. The van der Waals surface area contributed by atoms with Crippen molar-refractivity contribution in [1.29, 1.82) is 0 Å². The van der Waals surface area contributed by atoms with Gasteiger partial charge in [-0.1, -0.05) is 13.8 Å². The van der Waals surface area contributed by atoms with Crippen molar-refractivity contribution in [1.82, 2.24) is 4.90 Å². The van der Waals surface area contributed by atoms with Crippen LogP contribution in [-0.2, 0) is 14.3 Å². The van der Waals surface area contributed by atoms with E-state index in [4.69, 9.17) is 10.5 Å². The lowest BCUT2D eigenvalue weighted by atomic mass is 9.92. The molecule has 5 nitrogen and oxygen atoms in total. The number of carbonyl (C=O) groups excluding carboxylic acids is 2. The van der Waals surface area contributed by atoms with Crippen LogP contribution in [0.5, 0.6) is 0 Å². The molecule has 5 heteroatoms. The van der Waals surface area contributed by atoms with Crippen LogP contribution in [-0.4, -0.2) is 41.5 Å². The number of hydrogen-bond donors (Lipinski definition) is 1. The number of rotatable bonds is 7. The predicted molar refractivity (Wildman–Crippen MR) is 71.0 cm³/mol. The second-order valence-corrected chi connectivity index (χ2v) is 4.70. The Balaban J connectivity index is 4.90. The van der Waals surface area contributed by atoms with Crippen LogP contribution in [0.2, 0.25) is 0 Å². The van der Waals surface area contributed by atoms with Gasteiger partial charge in [-0.3, -0.25) is 9.59 Å². The van der Waals surface area contributed by atoms with Gasteiger partial charge in [0.15, 0.2) is 0 Å². The SMILES string of the molecule is CCOC(=O)CN(C(=O)C(N)(CC)CC)C(C)C. The summed E-state index contributed by atoms with van der Waals surface area (Å²) in [5.74, 6) is -0.579. The van der Waals surface area contributed by atoms with Crippen molar-refractivity contribution in [2.45, 2.75) is 59.0 Å². The van der Waals surface area contributed by atoms with Crippen LogP contribution in [0, 0.1) is 0 Å². The minimum absolute atomic E-state index is 0.0384. The first-order chi connectivity index (χ1) is 8.32. The van der Waals surface area contributed by atoms with Gasteiger partial charge in [0, 0.05) is 6.04 Å². The van der Waals surface area contributed by atoms with Crippen LogP contribution in [0.4, 0.5) is 0 Å². The first-order valence-corrected chi connectivity index (χ1v) is 6.57. The van der Waals surface area contributed by atoms with Crippen molar-refractivity contribution in [3.8, 4) is 0 Å². The van der Waals surface area contributed by atoms with Crippen LogP contribution in [0.15, 0.2) is 0 Å². The zero-order valence-corrected chi connectivity index (χ0v) is 12.2. The van der Waals surface area contributed by atoms with E-state index in [9.17, 15) is 9.59 Å². The highest BCUT2D eigenvalue weighted by Gasteiger charge is 2.36. The van der Waals surface area contributed by atoms with Crippen LogP contribution in [0.1, 0.15) is 47.5 Å². The fourth-order valence-corrected chi connectivity index (χ4v) is 1.67. The minimum atomic E-state index is -0.892. The third-order valence-corrected chi connectivity index (χ3v) is 3.18. The molecule has 0 radical (unpaired) electrons. The van der Waals surface area contributed by atoms with Gasteiger partial charge in [-0.2, -0.15) is 0 Å². The van der Waals surface area contributed by atoms with Crippen molar-refractivity contribution < 1.29 is 14.3 Å². The number of carbonyl (C=O) groups is 2. The van der Waals surface area contributed by atoms with Crippen LogP contribution >= 0.6 is 0 Å². The summed E-state index contributed by atoms with van der Waals surface area (Å²) in [7, 11) is 0. The number of ether oxygens (including phenoxy) is 1. The molecule has 0 spiro atoms. The Morgan fingerprint density at radius 1 is 1.22 bits per heavy atom. The Labute approximate surface area is 110 Å². The van der Waals surface area contributed by atoms with Crippen molar-refractivity contribution >= 4 is 11.9 Å². The Morgan fingerprint density at radius 2 is 1.72 bits per heavy atom. The van der Waals surface area contributed by atoms with Gasteiger partial charge in [-0.15, -0.1) is 0 Å². The number of nitrogens with two attached hydrogens (primary N) is 1. The number of nitrogens with zero attached hydrogens (tertiary/aromatic N) is 1. The normalized spacial score (nSPS) is 11.5. The maximum absolute atomic E-state index is 12.4. The Morgan fingerprint density at radius 3 is 2.06 bits per heavy atom. The number of esters is 1. The van der Waals surface area contributed by atoms with Crippen molar-refractivity contribution in [2.75, 3.05) is 13.2 Å². The average molecular weight is 258 g/mol. The largest absolute Gasteiger partial charge is 0.465 e. The lowest BCUT2D eigenvalue weighted by molar-refractivity contribution is -0.152. The molecule has 0 rings (SSSR count). The molecule has 106 valence electrons. The predicted octanol–water partition coefficient (Wildman–Crippen LogP) is 1.30. The number of amides is 1. The summed E-state index contributed by atoms with van der Waals surface area (Å²) in [6.07, 6.45) is 1.10. The third kappa shape index (κ3) is 4.29. The summed E-state index contributed by atoms with van der Waals surface area (Å²) >= 11 is 0. The van der Waals surface area contributed by atoms with Crippen LogP contribution in [0.3, 0.4) is 0 Å². The summed E-state index contributed by atoms with van der Waals surface area (Å²) in [6.45, 7) is 9.50. The van der Waals surface area contributed by atoms with Gasteiger partial charge in [0.05, 0.1) is 12.1 Å². The molecule has 18 heavy (non-hydrogen) atoms. The second-order valence-electron chi connectivity index (χ2n) is 4.70. The van der Waals surface area contributed by atoms with Crippen molar-refractivity contribution in [2.24, 2.45) is 5.73 Å². The van der Waals surface area contributed by atoms with E-state index in [1.54, 1.807) is 6.92 Å². The van der Waals surface area contributed by atoms with Gasteiger partial charge in [0.2, 0.25) is 5.91 Å². The third-order valence-electron chi connectivity index (χ3n) is 3.18. The van der Waals surface area contributed by atoms with E-state index in [0.29, 0.717) is 19.4 Å². The molecule has 0 fully saturated rings. The fourth-order valence-electron chi connectivity index (χ4n) is 1.67. The molecule has 0 aliphatic rings. The Kier molecular flexibility index (Phi) is 6.91. The molecule has 0 aromatic rings. The van der Waals surface area contributed by atoms with E-state index in [-0.39, 0.29) is 18.5 Å². The molecule has 2 N–H and O–H groups in total. The maximum Gasteiger partial charge on any atom is 0.325 e. The zero-order chi connectivity index (χ0) is 14.3. The van der Waals surface area contributed by atoms with Gasteiger partial charge in [-0.05, 0) is 33.6 Å². The van der Waals surface area contributed by atoms with E-state index in [0.717, 1.165) is 0 Å². The van der Waals surface area contributed by atoms with E-state index < -0.39 is 11.5 Å². The first-order valence-electron chi connectivity index (χ1n) is 6.57. The van der Waals surface area contributed by atoms with Crippen molar-refractivity contribution in [3.63, 3.8) is 0 Å². The van der Waals surface area contributed by atoms with Crippen LogP contribution < -0.4 is 5.73 Å². The lowest BCUT2D eigenvalue weighted by Crippen LogP contribution is -2.57. The maximum atomic E-state index is 12.4. The smallest absolute Gasteiger partial charge is 0.325 e. The second kappa shape index (κ2) is 7.36. The minimum Gasteiger partial charge on any atom is -0.465 e. The van der Waals surface area contributed by atoms with Gasteiger partial charge >= 0.3 is 5.97 Å². The molecule has 0 saturated heterocycles. The average Bonchev–Trinajstić information content (AvgIpc) is 2.34. The standard InChI is InChI=1S/C13H26N2O3/c1-6-13(14,7-2)12(17)15(10(4)5)9-11(16)18-8-3/h10H,6-9,14H2,1-5H3. The molecule has 0 heterocycles. The molecule has 0 atom stereocenters. The van der Waals surface area contributed by atoms with E-state index >= 15 is 0 Å². The fraction of sp³-hybridized carbons (Fsp3) is 0.846. The van der Waals surface area contributed by atoms with Gasteiger partial charge in [-0.25, -0.2) is 0 Å². The summed E-state index contributed by atoms with van der Waals surface area (Å²) in [4.78, 5) is 25.4. The quantitative estimate of drug-likeness (QED) is 0.699. The van der Waals surface area contributed by atoms with E-state index in [2.05, 4.69) is 0 Å². The topological polar surface area (TPSA) is 72.6 Å². The molecule has 0 bridgehead atoms. The molecule has 0 saturated carbocycles. The highest BCUT2D eigenvalue weighted by atomic mass is 16.5. The molecule has 1 amide bonds. The van der Waals surface area contributed by atoms with Crippen LogP contribution in [0.25, 0.3) is 0 Å². The summed E-state index contributed by atoms with van der Waals surface area (Å²) in [5, 5.41) is 0. The summed E-state index contributed by atoms with van der Waals surface area (Å²) in [6, 6.07) is -0.0806.